The van der Waals surface area contributed by atoms with Crippen molar-refractivity contribution >= 4 is 19.0 Å². The molecule has 0 fully saturated rings. The zero-order valence-corrected chi connectivity index (χ0v) is 20.3. The van der Waals surface area contributed by atoms with Crippen molar-refractivity contribution < 1.29 is 18.8 Å². The van der Waals surface area contributed by atoms with Crippen LogP contribution in [0.1, 0.15) is 61.7 Å². The van der Waals surface area contributed by atoms with Gasteiger partial charge in [-0.25, -0.2) is 0 Å². The lowest BCUT2D eigenvalue weighted by atomic mass is 9.84. The van der Waals surface area contributed by atoms with Crippen molar-refractivity contribution in [2.45, 2.75) is 53.9 Å². The highest BCUT2D eigenvalue weighted by Gasteiger charge is 2.27. The van der Waals surface area contributed by atoms with E-state index in [1.165, 1.54) is 5.56 Å². The summed E-state index contributed by atoms with van der Waals surface area (Å²) in [6.07, 6.45) is 0. The van der Waals surface area contributed by atoms with Crippen LogP contribution in [0.15, 0.2) is 36.4 Å². The largest absolute Gasteiger partial charge is 0.494 e. The Morgan fingerprint density at radius 3 is 2.03 bits per heavy atom. The third-order valence-corrected chi connectivity index (χ3v) is 6.63. The van der Waals surface area contributed by atoms with E-state index in [0.29, 0.717) is 26.4 Å². The molecule has 0 aromatic heterocycles. The van der Waals surface area contributed by atoms with Crippen LogP contribution in [-0.2, 0) is 14.7 Å². The number of aryl methyl sites for hydroxylation is 2. The van der Waals surface area contributed by atoms with E-state index < -0.39 is 8.15 Å². The minimum atomic E-state index is -1.48. The van der Waals surface area contributed by atoms with Crippen LogP contribution in [0, 0.1) is 13.8 Å². The highest BCUT2D eigenvalue weighted by Crippen LogP contribution is 2.42. The Morgan fingerprint density at radius 2 is 1.53 bits per heavy atom. The van der Waals surface area contributed by atoms with Gasteiger partial charge in [0, 0.05) is 17.5 Å². The first-order chi connectivity index (χ1) is 14.2. The second-order valence-corrected chi connectivity index (χ2v) is 10.1. The molecule has 164 valence electrons. The van der Waals surface area contributed by atoms with Crippen LogP contribution in [0.4, 0.5) is 0 Å². The average Bonchev–Trinajstić information content (AvgIpc) is 2.68. The summed E-state index contributed by atoms with van der Waals surface area (Å²) in [6.45, 7) is 16.6. The summed E-state index contributed by atoms with van der Waals surface area (Å²) in [4.78, 5) is 13.7. The summed E-state index contributed by atoms with van der Waals surface area (Å²) in [5.41, 5.74) is 4.07. The second-order valence-electron chi connectivity index (χ2n) is 8.29. The fourth-order valence-electron chi connectivity index (χ4n) is 3.26. The van der Waals surface area contributed by atoms with Crippen LogP contribution in [0.5, 0.6) is 5.75 Å². The van der Waals surface area contributed by atoms with E-state index in [-0.39, 0.29) is 10.9 Å². The van der Waals surface area contributed by atoms with E-state index in [0.717, 1.165) is 27.7 Å². The maximum Gasteiger partial charge on any atom is 0.216 e. The zero-order valence-electron chi connectivity index (χ0n) is 19.4. The van der Waals surface area contributed by atoms with Gasteiger partial charge in [-0.05, 0) is 74.1 Å². The summed E-state index contributed by atoms with van der Waals surface area (Å²) in [5.74, 6) is 0.792. The van der Waals surface area contributed by atoms with Gasteiger partial charge in [0.25, 0.3) is 0 Å². The maximum absolute atomic E-state index is 13.7. The van der Waals surface area contributed by atoms with Crippen LogP contribution in [0.2, 0.25) is 0 Å². The highest BCUT2D eigenvalue weighted by molar-refractivity contribution is 7.78. The molecule has 0 aliphatic heterocycles. The van der Waals surface area contributed by atoms with Crippen LogP contribution in [0.3, 0.4) is 0 Å². The molecule has 0 bridgehead atoms. The smallest absolute Gasteiger partial charge is 0.216 e. The molecule has 0 saturated heterocycles. The number of benzene rings is 2. The quantitative estimate of drug-likeness (QED) is 0.347. The molecule has 0 heterocycles. The van der Waals surface area contributed by atoms with Crippen molar-refractivity contribution in [3.05, 3.63) is 58.7 Å². The number of rotatable bonds is 10. The molecule has 0 radical (unpaired) electrons. The lowest BCUT2D eigenvalue weighted by Gasteiger charge is -2.24. The molecule has 1 unspecified atom stereocenters. The zero-order chi connectivity index (χ0) is 22.3. The van der Waals surface area contributed by atoms with Crippen molar-refractivity contribution in [2.75, 3.05) is 26.4 Å². The van der Waals surface area contributed by atoms with Gasteiger partial charge in [-0.1, -0.05) is 32.9 Å². The van der Waals surface area contributed by atoms with Crippen LogP contribution >= 0.6 is 8.15 Å². The molecule has 0 aliphatic carbocycles. The Bertz CT molecular complexity index is 814. The normalized spacial score (nSPS) is 12.6. The van der Waals surface area contributed by atoms with E-state index >= 15 is 0 Å². The maximum atomic E-state index is 13.7. The lowest BCUT2D eigenvalue weighted by molar-refractivity contribution is 0.102. The number of ether oxygens (including phenoxy) is 2. The van der Waals surface area contributed by atoms with E-state index in [4.69, 9.17) is 14.0 Å². The number of carbonyl (C=O) groups is 1. The van der Waals surface area contributed by atoms with Gasteiger partial charge in [-0.2, -0.15) is 0 Å². The summed E-state index contributed by atoms with van der Waals surface area (Å²) in [6, 6.07) is 11.9. The lowest BCUT2D eigenvalue weighted by Crippen LogP contribution is -2.17. The highest BCUT2D eigenvalue weighted by atomic mass is 31.1. The molecule has 2 aromatic rings. The first-order valence-electron chi connectivity index (χ1n) is 10.6. The first kappa shape index (κ1) is 24.5. The van der Waals surface area contributed by atoms with E-state index in [2.05, 4.69) is 32.9 Å². The molecule has 1 atom stereocenters. The fourth-order valence-corrected chi connectivity index (χ4v) is 5.00. The molecular weight excluding hydrogens is 395 g/mol. The van der Waals surface area contributed by atoms with Crippen molar-refractivity contribution in [3.8, 4) is 5.75 Å². The second kappa shape index (κ2) is 11.0. The summed E-state index contributed by atoms with van der Waals surface area (Å²) in [5, 5.41) is 0.883. The molecule has 0 amide bonds. The SMILES string of the molecule is CCOCCOP(C(=O)c1c(C)cc(C(C)(C)C)cc1C)c1ccc(OCC)cc1. The number of hydrogen-bond acceptors (Lipinski definition) is 4. The third-order valence-electron chi connectivity index (χ3n) is 4.83. The van der Waals surface area contributed by atoms with Gasteiger partial charge in [-0.15, -0.1) is 0 Å². The van der Waals surface area contributed by atoms with Gasteiger partial charge in [0.2, 0.25) is 5.52 Å². The topological polar surface area (TPSA) is 44.8 Å². The molecule has 2 rings (SSSR count). The Kier molecular flexibility index (Phi) is 9.03. The van der Waals surface area contributed by atoms with Crippen LogP contribution in [0.25, 0.3) is 0 Å². The van der Waals surface area contributed by atoms with Gasteiger partial charge in [0.15, 0.2) is 0 Å². The van der Waals surface area contributed by atoms with Gasteiger partial charge >= 0.3 is 0 Å². The van der Waals surface area contributed by atoms with Crippen LogP contribution < -0.4 is 10.0 Å². The van der Waals surface area contributed by atoms with Crippen molar-refractivity contribution in [1.29, 1.82) is 0 Å². The van der Waals surface area contributed by atoms with E-state index in [9.17, 15) is 4.79 Å². The minimum Gasteiger partial charge on any atom is -0.494 e. The standard InChI is InChI=1S/C25H35O4P/c1-8-27-14-15-29-30(22-12-10-21(11-13-22)28-9-2)24(26)23-18(3)16-20(17-19(23)4)25(5,6)7/h10-13,16-17H,8-9,14-15H2,1-7H3. The molecule has 0 N–H and O–H groups in total. The monoisotopic (exact) mass is 430 g/mol. The number of carbonyl (C=O) groups excluding carboxylic acids is 1. The summed E-state index contributed by atoms with van der Waals surface area (Å²) >= 11 is 0. The molecule has 0 saturated carbocycles. The van der Waals surface area contributed by atoms with E-state index in [1.807, 2.05) is 52.0 Å². The molecule has 4 nitrogen and oxygen atoms in total. The molecule has 2 aromatic carbocycles. The predicted octanol–water partition coefficient (Wildman–Crippen LogP) is 5.92. The minimum absolute atomic E-state index is 0.0327. The fraction of sp³-hybridized carbons (Fsp3) is 0.480. The average molecular weight is 431 g/mol. The van der Waals surface area contributed by atoms with Crippen LogP contribution in [-0.4, -0.2) is 32.0 Å². The molecule has 30 heavy (non-hydrogen) atoms. The first-order valence-corrected chi connectivity index (χ1v) is 11.8. The molecule has 5 heteroatoms. The predicted molar refractivity (Wildman–Crippen MR) is 126 cm³/mol. The summed E-state index contributed by atoms with van der Waals surface area (Å²) in [7, 11) is -1.48. The third kappa shape index (κ3) is 6.38. The van der Waals surface area contributed by atoms with Crippen molar-refractivity contribution in [2.24, 2.45) is 0 Å². The molecule has 0 spiro atoms. The summed E-state index contributed by atoms with van der Waals surface area (Å²) < 4.78 is 17.1. The van der Waals surface area contributed by atoms with Gasteiger partial charge in [0.1, 0.15) is 13.9 Å². The van der Waals surface area contributed by atoms with Gasteiger partial charge in [0.05, 0.1) is 19.8 Å². The van der Waals surface area contributed by atoms with Gasteiger partial charge < -0.3 is 14.0 Å². The Balaban J connectivity index is 2.38. The molecule has 0 aliphatic rings. The Hall–Kier alpha value is -1.74. The number of hydrogen-bond donors (Lipinski definition) is 0. The molecular formula is C25H35O4P. The van der Waals surface area contributed by atoms with Crippen molar-refractivity contribution in [3.63, 3.8) is 0 Å². The van der Waals surface area contributed by atoms with E-state index in [1.54, 1.807) is 0 Å². The Morgan fingerprint density at radius 1 is 0.933 bits per heavy atom. The Labute approximate surface area is 182 Å². The van der Waals surface area contributed by atoms with Crippen molar-refractivity contribution in [1.82, 2.24) is 0 Å². The van der Waals surface area contributed by atoms with Gasteiger partial charge in [-0.3, -0.25) is 4.79 Å².